The lowest BCUT2D eigenvalue weighted by Crippen LogP contribution is -2.53. The molecule has 0 amide bonds. The van der Waals surface area contributed by atoms with Crippen molar-refractivity contribution in [2.45, 2.75) is 32.3 Å². The SMILES string of the molecule is CCOC(=O)C(C(=O)O)(c1cccc(Br)c1)C(C)C(C)O. The van der Waals surface area contributed by atoms with Crippen molar-refractivity contribution in [2.24, 2.45) is 5.92 Å². The fourth-order valence-electron chi connectivity index (χ4n) is 2.31. The third-order valence-electron chi connectivity index (χ3n) is 3.62. The Morgan fingerprint density at radius 2 is 2.00 bits per heavy atom. The van der Waals surface area contributed by atoms with Gasteiger partial charge in [-0.25, -0.2) is 0 Å². The Morgan fingerprint density at radius 1 is 1.38 bits per heavy atom. The van der Waals surface area contributed by atoms with E-state index in [2.05, 4.69) is 15.9 Å². The van der Waals surface area contributed by atoms with Crippen molar-refractivity contribution in [1.29, 1.82) is 0 Å². The van der Waals surface area contributed by atoms with Crippen LogP contribution in [0.25, 0.3) is 0 Å². The molecule has 2 N–H and O–H groups in total. The largest absolute Gasteiger partial charge is 0.480 e. The number of carbonyl (C=O) groups excluding carboxylic acids is 1. The maximum absolute atomic E-state index is 12.4. The molecule has 1 aromatic rings. The molecule has 0 spiro atoms. The number of carboxylic acid groups (broad SMARTS) is 1. The summed E-state index contributed by atoms with van der Waals surface area (Å²) in [6.07, 6.45) is -0.996. The molecule has 6 heteroatoms. The lowest BCUT2D eigenvalue weighted by molar-refractivity contribution is -0.167. The van der Waals surface area contributed by atoms with E-state index in [-0.39, 0.29) is 12.2 Å². The molecule has 0 bridgehead atoms. The van der Waals surface area contributed by atoms with Crippen molar-refractivity contribution >= 4 is 27.9 Å². The van der Waals surface area contributed by atoms with E-state index < -0.39 is 29.4 Å². The molecular weight excluding hydrogens is 340 g/mol. The molecule has 0 fully saturated rings. The highest BCUT2D eigenvalue weighted by atomic mass is 79.9. The van der Waals surface area contributed by atoms with Gasteiger partial charge in [0.05, 0.1) is 12.7 Å². The number of rotatable bonds is 6. The van der Waals surface area contributed by atoms with Gasteiger partial charge in [0.1, 0.15) is 0 Å². The lowest BCUT2D eigenvalue weighted by Gasteiger charge is -2.35. The van der Waals surface area contributed by atoms with E-state index in [1.165, 1.54) is 13.8 Å². The number of benzene rings is 1. The number of esters is 1. The number of carbonyl (C=O) groups is 2. The second-order valence-electron chi connectivity index (χ2n) is 4.87. The molecule has 1 rings (SSSR count). The highest BCUT2D eigenvalue weighted by Crippen LogP contribution is 2.37. The average molecular weight is 359 g/mol. The van der Waals surface area contributed by atoms with Crippen LogP contribution in [-0.4, -0.2) is 34.9 Å². The van der Waals surface area contributed by atoms with Crippen molar-refractivity contribution in [2.75, 3.05) is 6.61 Å². The summed E-state index contributed by atoms with van der Waals surface area (Å²) in [6, 6.07) is 6.48. The molecule has 0 aliphatic carbocycles. The van der Waals surface area contributed by atoms with Gasteiger partial charge in [-0.1, -0.05) is 35.0 Å². The van der Waals surface area contributed by atoms with Crippen LogP contribution in [-0.2, 0) is 19.7 Å². The summed E-state index contributed by atoms with van der Waals surface area (Å²) >= 11 is 3.27. The zero-order valence-electron chi connectivity index (χ0n) is 12.2. The number of ether oxygens (including phenoxy) is 1. The maximum atomic E-state index is 12.4. The third-order valence-corrected chi connectivity index (χ3v) is 4.11. The minimum Gasteiger partial charge on any atom is -0.480 e. The predicted octanol–water partition coefficient (Wildman–Crippen LogP) is 2.35. The van der Waals surface area contributed by atoms with Crippen molar-refractivity contribution < 1.29 is 24.5 Å². The van der Waals surface area contributed by atoms with E-state index in [1.807, 2.05) is 0 Å². The van der Waals surface area contributed by atoms with Crippen LogP contribution in [0.15, 0.2) is 28.7 Å². The van der Waals surface area contributed by atoms with Crippen LogP contribution in [0.3, 0.4) is 0 Å². The number of aliphatic hydroxyl groups is 1. The molecule has 3 unspecified atom stereocenters. The molecule has 0 saturated heterocycles. The molecule has 0 radical (unpaired) electrons. The summed E-state index contributed by atoms with van der Waals surface area (Å²) in [7, 11) is 0. The summed E-state index contributed by atoms with van der Waals surface area (Å²) in [5.74, 6) is -3.07. The lowest BCUT2D eigenvalue weighted by atomic mass is 9.69. The fourth-order valence-corrected chi connectivity index (χ4v) is 2.71. The van der Waals surface area contributed by atoms with Crippen molar-refractivity contribution in [3.63, 3.8) is 0 Å². The summed E-state index contributed by atoms with van der Waals surface area (Å²) in [5.41, 5.74) is -1.68. The van der Waals surface area contributed by atoms with Crippen molar-refractivity contribution in [3.05, 3.63) is 34.3 Å². The van der Waals surface area contributed by atoms with Crippen molar-refractivity contribution in [3.8, 4) is 0 Å². The average Bonchev–Trinajstić information content (AvgIpc) is 2.39. The maximum Gasteiger partial charge on any atom is 0.328 e. The van der Waals surface area contributed by atoms with E-state index >= 15 is 0 Å². The van der Waals surface area contributed by atoms with Gasteiger partial charge in [-0.05, 0) is 31.5 Å². The normalized spacial score (nSPS) is 16.6. The first kappa shape index (κ1) is 17.7. The molecule has 0 heterocycles. The zero-order valence-corrected chi connectivity index (χ0v) is 13.8. The number of aliphatic hydroxyl groups excluding tert-OH is 1. The van der Waals surface area contributed by atoms with E-state index in [0.717, 1.165) is 0 Å². The summed E-state index contributed by atoms with van der Waals surface area (Å²) in [4.78, 5) is 24.4. The van der Waals surface area contributed by atoms with Gasteiger partial charge in [-0.2, -0.15) is 0 Å². The molecule has 5 nitrogen and oxygen atoms in total. The predicted molar refractivity (Wildman–Crippen MR) is 80.9 cm³/mol. The smallest absolute Gasteiger partial charge is 0.328 e. The first-order valence-corrected chi connectivity index (χ1v) is 7.42. The topological polar surface area (TPSA) is 83.8 Å². The Kier molecular flexibility index (Phi) is 5.92. The van der Waals surface area contributed by atoms with Gasteiger partial charge >= 0.3 is 11.9 Å². The quantitative estimate of drug-likeness (QED) is 0.602. The molecule has 3 atom stereocenters. The van der Waals surface area contributed by atoms with Gasteiger partial charge in [0, 0.05) is 10.4 Å². The molecule has 1 aromatic carbocycles. The number of carboxylic acids is 1. The van der Waals surface area contributed by atoms with E-state index in [4.69, 9.17) is 4.74 Å². The Labute approximate surface area is 132 Å². The Balaban J connectivity index is 3.59. The van der Waals surface area contributed by atoms with E-state index in [9.17, 15) is 19.8 Å². The van der Waals surface area contributed by atoms with Crippen molar-refractivity contribution in [1.82, 2.24) is 0 Å². The van der Waals surface area contributed by atoms with Crippen LogP contribution in [0.2, 0.25) is 0 Å². The van der Waals surface area contributed by atoms with Crippen LogP contribution >= 0.6 is 15.9 Å². The Hall–Kier alpha value is -1.40. The summed E-state index contributed by atoms with van der Waals surface area (Å²) in [5, 5.41) is 19.6. The van der Waals surface area contributed by atoms with Gasteiger partial charge in [-0.15, -0.1) is 0 Å². The number of hydrogen-bond donors (Lipinski definition) is 2. The van der Waals surface area contributed by atoms with Gasteiger partial charge in [0.2, 0.25) is 0 Å². The van der Waals surface area contributed by atoms with Gasteiger partial charge in [0.15, 0.2) is 5.41 Å². The van der Waals surface area contributed by atoms with Crippen LogP contribution in [0.5, 0.6) is 0 Å². The van der Waals surface area contributed by atoms with Crippen LogP contribution in [0, 0.1) is 5.92 Å². The van der Waals surface area contributed by atoms with Gasteiger partial charge in [-0.3, -0.25) is 9.59 Å². The molecule has 0 aliphatic heterocycles. The Bertz CT molecular complexity index is 529. The summed E-state index contributed by atoms with van der Waals surface area (Å²) < 4.78 is 5.63. The zero-order chi connectivity index (χ0) is 16.2. The fraction of sp³-hybridized carbons (Fsp3) is 0.467. The van der Waals surface area contributed by atoms with Crippen LogP contribution in [0.4, 0.5) is 0 Å². The highest BCUT2D eigenvalue weighted by molar-refractivity contribution is 9.10. The van der Waals surface area contributed by atoms with Crippen LogP contribution in [0.1, 0.15) is 26.3 Å². The number of halogens is 1. The van der Waals surface area contributed by atoms with Crippen LogP contribution < -0.4 is 0 Å². The minimum atomic E-state index is -1.95. The first-order chi connectivity index (χ1) is 9.78. The monoisotopic (exact) mass is 358 g/mol. The molecule has 0 aliphatic rings. The van der Waals surface area contributed by atoms with Gasteiger partial charge < -0.3 is 14.9 Å². The molecular formula is C15H19BrO5. The molecule has 0 saturated carbocycles. The highest BCUT2D eigenvalue weighted by Gasteiger charge is 2.55. The van der Waals surface area contributed by atoms with E-state index in [0.29, 0.717) is 4.47 Å². The number of hydrogen-bond acceptors (Lipinski definition) is 4. The van der Waals surface area contributed by atoms with E-state index in [1.54, 1.807) is 31.2 Å². The van der Waals surface area contributed by atoms with Gasteiger partial charge in [0.25, 0.3) is 0 Å². The molecule has 21 heavy (non-hydrogen) atoms. The first-order valence-electron chi connectivity index (χ1n) is 6.63. The standard InChI is InChI=1S/C15H19BrO5/c1-4-21-14(20)15(13(18)19,9(2)10(3)17)11-6-5-7-12(16)8-11/h5-10,17H,4H2,1-3H3,(H,18,19). The molecule has 0 aromatic heterocycles. The second-order valence-corrected chi connectivity index (χ2v) is 5.79. The Morgan fingerprint density at radius 3 is 2.43 bits per heavy atom. The summed E-state index contributed by atoms with van der Waals surface area (Å²) in [6.45, 7) is 4.66. The molecule has 116 valence electrons. The minimum absolute atomic E-state index is 0.0639. The number of aliphatic carboxylic acids is 1. The second kappa shape index (κ2) is 7.04. The third kappa shape index (κ3) is 3.27.